The molecule has 160 valence electrons. The van der Waals surface area contributed by atoms with Crippen molar-refractivity contribution in [1.82, 2.24) is 14.5 Å². The smallest absolute Gasteiger partial charge is 0.269 e. The number of aromatic nitrogens is 2. The number of primary amides is 1. The van der Waals surface area contributed by atoms with Gasteiger partial charge in [0.2, 0.25) is 0 Å². The molecule has 1 aromatic heterocycles. The first kappa shape index (κ1) is 20.8. The number of hydrogen-bond donors (Lipinski definition) is 1. The summed E-state index contributed by atoms with van der Waals surface area (Å²) in [6.07, 6.45) is 3.73. The summed E-state index contributed by atoms with van der Waals surface area (Å²) in [5, 5.41) is 6.63. The van der Waals surface area contributed by atoms with Crippen LogP contribution in [0.5, 0.6) is 0 Å². The largest absolute Gasteiger partial charge is 0.364 e. The number of fused-ring (bicyclic) bond motifs is 3. The van der Waals surface area contributed by atoms with Crippen molar-refractivity contribution in [3.63, 3.8) is 0 Å². The molecule has 1 aliphatic carbocycles. The Hall–Kier alpha value is -2.05. The highest BCUT2D eigenvalue weighted by atomic mass is 35.5. The van der Waals surface area contributed by atoms with Crippen molar-refractivity contribution < 1.29 is 4.79 Å². The summed E-state index contributed by atoms with van der Waals surface area (Å²) >= 11 is 19.3. The normalized spacial score (nSPS) is 22.3. The second kappa shape index (κ2) is 7.52. The standard InChI is InChI=1S/C23H21Cl3N4O/c1-13-4-2-3-9-30(13,20-8-7-16(25)12-19(20)26)29-22-17-11-15(24)6-5-14(17)10-18(22)21(28-29)23(27)31/h5-8,11-13H,2-4,9-10H2,1H3,(H-,27,31)/p+1. The van der Waals surface area contributed by atoms with Crippen LogP contribution in [0.1, 0.15) is 47.8 Å². The number of rotatable bonds is 3. The minimum atomic E-state index is -0.529. The molecule has 31 heavy (non-hydrogen) atoms. The molecule has 0 bridgehead atoms. The third kappa shape index (κ3) is 3.10. The van der Waals surface area contributed by atoms with E-state index in [-0.39, 0.29) is 6.04 Å². The van der Waals surface area contributed by atoms with E-state index < -0.39 is 5.91 Å². The van der Waals surface area contributed by atoms with Crippen molar-refractivity contribution in [3.8, 4) is 11.3 Å². The second-order valence-corrected chi connectivity index (χ2v) is 9.68. The van der Waals surface area contributed by atoms with Crippen molar-refractivity contribution in [2.75, 3.05) is 6.54 Å². The Labute approximate surface area is 195 Å². The molecule has 3 aromatic rings. The molecule has 2 unspecified atom stereocenters. The Bertz CT molecular complexity index is 1220. The van der Waals surface area contributed by atoms with Crippen LogP contribution in [0.25, 0.3) is 11.3 Å². The predicted octanol–water partition coefficient (Wildman–Crippen LogP) is 5.86. The maximum atomic E-state index is 12.4. The fraction of sp³-hybridized carbons (Fsp3) is 0.304. The zero-order valence-electron chi connectivity index (χ0n) is 17.0. The highest BCUT2D eigenvalue weighted by Gasteiger charge is 2.47. The topological polar surface area (TPSA) is 60.9 Å². The van der Waals surface area contributed by atoms with Crippen LogP contribution in [0.15, 0.2) is 36.4 Å². The first-order chi connectivity index (χ1) is 14.8. The van der Waals surface area contributed by atoms with Gasteiger partial charge in [0.25, 0.3) is 5.91 Å². The number of carbonyl (C=O) groups is 1. The van der Waals surface area contributed by atoms with E-state index in [1.54, 1.807) is 6.07 Å². The van der Waals surface area contributed by atoms with Crippen LogP contribution in [0.2, 0.25) is 15.1 Å². The van der Waals surface area contributed by atoms with E-state index >= 15 is 0 Å². The molecule has 5 rings (SSSR count). The molecular weight excluding hydrogens is 455 g/mol. The highest BCUT2D eigenvalue weighted by Crippen LogP contribution is 2.46. The highest BCUT2D eigenvalue weighted by molar-refractivity contribution is 6.36. The Morgan fingerprint density at radius 2 is 1.87 bits per heavy atom. The lowest BCUT2D eigenvalue weighted by Crippen LogP contribution is -2.62. The van der Waals surface area contributed by atoms with Crippen LogP contribution in [0, 0.1) is 0 Å². The van der Waals surface area contributed by atoms with Gasteiger partial charge in [-0.3, -0.25) is 4.79 Å². The zero-order valence-corrected chi connectivity index (χ0v) is 19.3. The van der Waals surface area contributed by atoms with E-state index in [1.165, 1.54) is 0 Å². The van der Waals surface area contributed by atoms with E-state index in [4.69, 9.17) is 45.6 Å². The number of carbonyl (C=O) groups excluding carboxylic acids is 1. The molecule has 2 aromatic carbocycles. The summed E-state index contributed by atoms with van der Waals surface area (Å²) in [4.78, 5) is 14.3. The van der Waals surface area contributed by atoms with E-state index in [1.807, 2.05) is 35.1 Å². The second-order valence-electron chi connectivity index (χ2n) is 8.40. The van der Waals surface area contributed by atoms with Crippen LogP contribution in [-0.4, -0.2) is 28.4 Å². The fourth-order valence-electron chi connectivity index (χ4n) is 5.21. The number of piperidine rings is 1. The SMILES string of the molecule is CC1CCCC[N+]1(c1ccc(Cl)cc1Cl)n1nc(C(N)=O)c2c1-c1cc(Cl)ccc1C2. The van der Waals surface area contributed by atoms with Gasteiger partial charge in [-0.15, -0.1) is 5.10 Å². The Kier molecular flexibility index (Phi) is 5.05. The molecule has 1 saturated heterocycles. The van der Waals surface area contributed by atoms with Crippen LogP contribution in [-0.2, 0) is 6.42 Å². The van der Waals surface area contributed by atoms with Crippen LogP contribution in [0.3, 0.4) is 0 Å². The van der Waals surface area contributed by atoms with Crippen LogP contribution in [0.4, 0.5) is 5.69 Å². The van der Waals surface area contributed by atoms with Gasteiger partial charge < -0.3 is 5.73 Å². The summed E-state index contributed by atoms with van der Waals surface area (Å²) in [5.74, 6) is -0.529. The van der Waals surface area contributed by atoms with Gasteiger partial charge in [0.1, 0.15) is 23.3 Å². The fourth-order valence-corrected chi connectivity index (χ4v) is 5.94. The van der Waals surface area contributed by atoms with Crippen LogP contribution >= 0.6 is 34.8 Å². The molecule has 2 atom stereocenters. The number of quaternary nitrogens is 1. The van der Waals surface area contributed by atoms with Gasteiger partial charge >= 0.3 is 0 Å². The van der Waals surface area contributed by atoms with Gasteiger partial charge in [-0.2, -0.15) is 4.59 Å². The molecule has 8 heteroatoms. The lowest BCUT2D eigenvalue weighted by Gasteiger charge is -2.45. The first-order valence-corrected chi connectivity index (χ1v) is 11.5. The molecule has 2 heterocycles. The van der Waals surface area contributed by atoms with Crippen LogP contribution < -0.4 is 10.3 Å². The summed E-state index contributed by atoms with van der Waals surface area (Å²) < 4.78 is 0.386. The van der Waals surface area contributed by atoms with Gasteiger partial charge in [-0.1, -0.05) is 45.7 Å². The molecule has 5 nitrogen and oxygen atoms in total. The van der Waals surface area contributed by atoms with Crippen molar-refractivity contribution >= 4 is 46.4 Å². The van der Waals surface area contributed by atoms with Crippen molar-refractivity contribution in [2.24, 2.45) is 5.73 Å². The molecule has 2 aliphatic rings. The summed E-state index contributed by atoms with van der Waals surface area (Å²) in [6.45, 7) is 3.00. The van der Waals surface area contributed by atoms with Gasteiger partial charge in [-0.05, 0) is 49.6 Å². The third-order valence-electron chi connectivity index (χ3n) is 6.66. The quantitative estimate of drug-likeness (QED) is 0.377. The zero-order chi connectivity index (χ0) is 21.9. The van der Waals surface area contributed by atoms with E-state index in [0.29, 0.717) is 31.8 Å². The van der Waals surface area contributed by atoms with Gasteiger partial charge in [0.15, 0.2) is 11.4 Å². The Morgan fingerprint density at radius 1 is 1.13 bits per heavy atom. The molecular formula is C23H22Cl3N4O+. The molecule has 0 spiro atoms. The average Bonchev–Trinajstić information content (AvgIpc) is 3.26. The minimum Gasteiger partial charge on any atom is -0.364 e. The average molecular weight is 477 g/mol. The number of nitrogens with zero attached hydrogens (tertiary/aromatic N) is 3. The molecule has 2 N–H and O–H groups in total. The third-order valence-corrected chi connectivity index (χ3v) is 7.43. The number of amides is 1. The van der Waals surface area contributed by atoms with Gasteiger partial charge in [-0.25, -0.2) is 0 Å². The molecule has 1 amide bonds. The first-order valence-electron chi connectivity index (χ1n) is 10.4. The number of hydrogen-bond acceptors (Lipinski definition) is 2. The summed E-state index contributed by atoms with van der Waals surface area (Å²) in [5.41, 5.74) is 10.8. The minimum absolute atomic E-state index is 0.181. The predicted molar refractivity (Wildman–Crippen MR) is 126 cm³/mol. The van der Waals surface area contributed by atoms with E-state index in [2.05, 4.69) is 6.92 Å². The lowest BCUT2D eigenvalue weighted by molar-refractivity contribution is 0.0900. The van der Waals surface area contributed by atoms with E-state index in [9.17, 15) is 4.79 Å². The maximum Gasteiger partial charge on any atom is 0.269 e. The van der Waals surface area contributed by atoms with Crippen molar-refractivity contribution in [1.29, 1.82) is 0 Å². The van der Waals surface area contributed by atoms with Crippen molar-refractivity contribution in [2.45, 2.75) is 38.6 Å². The number of nitrogens with two attached hydrogens (primary N) is 1. The lowest BCUT2D eigenvalue weighted by atomic mass is 10.0. The number of benzene rings is 2. The molecule has 0 radical (unpaired) electrons. The number of halogens is 3. The molecule has 0 saturated carbocycles. The van der Waals surface area contributed by atoms with Gasteiger partial charge in [0.05, 0.1) is 0 Å². The molecule has 1 fully saturated rings. The van der Waals surface area contributed by atoms with Crippen molar-refractivity contribution in [3.05, 3.63) is 68.3 Å². The van der Waals surface area contributed by atoms with Gasteiger partial charge in [0, 0.05) is 40.1 Å². The summed E-state index contributed by atoms with van der Waals surface area (Å²) in [7, 11) is 0. The summed E-state index contributed by atoms with van der Waals surface area (Å²) in [6, 6.07) is 11.6. The maximum absolute atomic E-state index is 12.4. The Balaban J connectivity index is 1.85. The monoisotopic (exact) mass is 475 g/mol. The Morgan fingerprint density at radius 3 is 2.58 bits per heavy atom. The van der Waals surface area contributed by atoms with E-state index in [0.717, 1.165) is 53.9 Å². The molecule has 1 aliphatic heterocycles.